The number of nitrogen functional groups attached to an aromatic ring is 1. The van der Waals surface area contributed by atoms with Crippen LogP contribution < -0.4 is 35.7 Å². The first-order valence-electron chi connectivity index (χ1n) is 20.4. The fourth-order valence-corrected chi connectivity index (χ4v) is 9.41. The van der Waals surface area contributed by atoms with Crippen LogP contribution in [0.3, 0.4) is 0 Å². The number of anilines is 3. The molecule has 17 nitrogen and oxygen atoms in total. The third kappa shape index (κ3) is 8.07. The van der Waals surface area contributed by atoms with Crippen LogP contribution in [-0.4, -0.2) is 107 Å². The van der Waals surface area contributed by atoms with Crippen molar-refractivity contribution < 1.29 is 38.9 Å². The lowest BCUT2D eigenvalue weighted by molar-refractivity contribution is -0.137. The molecular formula is C44H43Cl2N10O7+. The van der Waals surface area contributed by atoms with E-state index in [1.165, 1.54) is 19.5 Å². The number of hydrogen-bond acceptors (Lipinski definition) is 13. The zero-order valence-electron chi connectivity index (χ0n) is 34.4. The summed E-state index contributed by atoms with van der Waals surface area (Å²) in [6, 6.07) is 11.2. The molecule has 2 atom stereocenters. The van der Waals surface area contributed by atoms with Crippen molar-refractivity contribution in [1.82, 2.24) is 25.1 Å². The Kier molecular flexibility index (Phi) is 11.9. The van der Waals surface area contributed by atoms with Gasteiger partial charge in [-0.1, -0.05) is 29.3 Å². The number of nitrogens with two attached hydrogens (primary N) is 2. The van der Waals surface area contributed by atoms with E-state index in [2.05, 4.69) is 21.4 Å². The molecule has 5 amide bonds. The molecule has 4 aliphatic heterocycles. The fourth-order valence-electron chi connectivity index (χ4n) is 8.74. The summed E-state index contributed by atoms with van der Waals surface area (Å²) in [5.41, 5.74) is 9.80. The third-order valence-electron chi connectivity index (χ3n) is 12.0. The number of benzene rings is 2. The summed E-state index contributed by atoms with van der Waals surface area (Å²) in [6.07, 6.45) is 5.14. The Labute approximate surface area is 372 Å². The van der Waals surface area contributed by atoms with E-state index >= 15 is 0 Å². The molecule has 0 radical (unpaired) electrons. The first-order chi connectivity index (χ1) is 30.3. The number of pyridine rings is 2. The van der Waals surface area contributed by atoms with Crippen molar-refractivity contribution in [3.63, 3.8) is 0 Å². The first kappa shape index (κ1) is 42.9. The minimum absolute atomic E-state index is 0.0377. The van der Waals surface area contributed by atoms with Crippen LogP contribution in [-0.2, 0) is 14.4 Å². The Bertz CT molecular complexity index is 2600. The number of ether oxygens (including phenoxy) is 2. The van der Waals surface area contributed by atoms with Crippen molar-refractivity contribution in [2.24, 2.45) is 5.92 Å². The van der Waals surface area contributed by atoms with Crippen LogP contribution in [0.15, 0.2) is 55.0 Å². The SMILES string of the molecule is COc1cc(N)c(C(=[NH2+])c2cnc(N3CCN(C(=O)C4CCN(c5cccc6c5C(=O)N(C5CCC(=O)NC5=O)C6=O)CC4)CC3)c(C#N)c2)cc1O[C@H](C)c1c(Cl)cncc1Cl. The van der Waals surface area contributed by atoms with Crippen LogP contribution in [0.4, 0.5) is 17.2 Å². The summed E-state index contributed by atoms with van der Waals surface area (Å²) in [7, 11) is 1.49. The number of rotatable bonds is 10. The van der Waals surface area contributed by atoms with Crippen LogP contribution in [0.2, 0.25) is 10.0 Å². The second kappa shape index (κ2) is 17.5. The van der Waals surface area contributed by atoms with Crippen LogP contribution in [0.1, 0.15) is 81.7 Å². The first-order valence-corrected chi connectivity index (χ1v) is 21.1. The molecule has 19 heteroatoms. The highest BCUT2D eigenvalue weighted by Gasteiger charge is 2.46. The van der Waals surface area contributed by atoms with E-state index in [9.17, 15) is 29.2 Å². The van der Waals surface area contributed by atoms with Gasteiger partial charge in [-0.2, -0.15) is 5.26 Å². The molecule has 4 aliphatic rings. The summed E-state index contributed by atoms with van der Waals surface area (Å²) in [4.78, 5) is 80.6. The highest BCUT2D eigenvalue weighted by molar-refractivity contribution is 6.35. The Balaban J connectivity index is 0.892. The quantitative estimate of drug-likeness (QED) is 0.118. The molecule has 0 aliphatic carbocycles. The minimum atomic E-state index is -1.05. The second-order valence-corrected chi connectivity index (χ2v) is 16.5. The van der Waals surface area contributed by atoms with Gasteiger partial charge in [0.05, 0.1) is 50.7 Å². The molecule has 1 unspecified atom stereocenters. The van der Waals surface area contributed by atoms with E-state index < -0.39 is 35.8 Å². The van der Waals surface area contributed by atoms with Crippen molar-refractivity contribution in [2.75, 3.05) is 61.9 Å². The monoisotopic (exact) mass is 893 g/mol. The fraction of sp³-hybridized carbons (Fsp3) is 0.341. The Hall–Kier alpha value is -6.77. The number of fused-ring (bicyclic) bond motifs is 1. The van der Waals surface area contributed by atoms with E-state index in [0.29, 0.717) is 113 Å². The minimum Gasteiger partial charge on any atom is -0.493 e. The van der Waals surface area contributed by atoms with Gasteiger partial charge in [-0.25, -0.2) is 4.98 Å². The predicted molar refractivity (Wildman–Crippen MR) is 232 cm³/mol. The van der Waals surface area contributed by atoms with Gasteiger partial charge in [0.25, 0.3) is 11.8 Å². The van der Waals surface area contributed by atoms with Crippen LogP contribution in [0, 0.1) is 17.2 Å². The molecule has 8 rings (SSSR count). The summed E-state index contributed by atoms with van der Waals surface area (Å²) in [5, 5.41) is 19.8. The molecule has 5 N–H and O–H groups in total. The van der Waals surface area contributed by atoms with Gasteiger partial charge < -0.3 is 29.9 Å². The summed E-state index contributed by atoms with van der Waals surface area (Å²) in [6.45, 7) is 4.53. The number of imide groups is 2. The van der Waals surface area contributed by atoms with E-state index in [1.54, 1.807) is 49.5 Å². The van der Waals surface area contributed by atoms with E-state index in [-0.39, 0.29) is 41.5 Å². The highest BCUT2D eigenvalue weighted by atomic mass is 35.5. The predicted octanol–water partition coefficient (Wildman–Crippen LogP) is 2.95. The van der Waals surface area contributed by atoms with Gasteiger partial charge in [0.15, 0.2) is 11.5 Å². The molecule has 0 spiro atoms. The Morgan fingerprint density at radius 3 is 2.33 bits per heavy atom. The van der Waals surface area contributed by atoms with Gasteiger partial charge in [0.1, 0.15) is 24.0 Å². The molecule has 2 aromatic carbocycles. The van der Waals surface area contributed by atoms with Gasteiger partial charge in [0, 0.05) is 87.5 Å². The van der Waals surface area contributed by atoms with Crippen LogP contribution in [0.25, 0.3) is 0 Å². The van der Waals surface area contributed by atoms with Gasteiger partial charge in [-0.05, 0) is 50.5 Å². The maximum Gasteiger partial charge on any atom is 0.264 e. The molecule has 6 heterocycles. The van der Waals surface area contributed by atoms with Gasteiger partial charge >= 0.3 is 0 Å². The van der Waals surface area contributed by atoms with Crippen LogP contribution >= 0.6 is 23.2 Å². The largest absolute Gasteiger partial charge is 0.493 e. The number of nitriles is 1. The van der Waals surface area contributed by atoms with Crippen molar-refractivity contribution in [2.45, 2.75) is 44.8 Å². The number of carbonyl (C=O) groups excluding carboxylic acids is 5. The average molecular weight is 895 g/mol. The number of methoxy groups -OCH3 is 1. The van der Waals surface area contributed by atoms with E-state index in [1.807, 2.05) is 14.7 Å². The molecule has 4 aromatic rings. The van der Waals surface area contributed by atoms with Crippen molar-refractivity contribution in [3.05, 3.63) is 98.4 Å². The van der Waals surface area contributed by atoms with E-state index in [4.69, 9.17) is 43.8 Å². The molecular weight excluding hydrogens is 851 g/mol. The maximum absolute atomic E-state index is 13.8. The van der Waals surface area contributed by atoms with Crippen LogP contribution in [0.5, 0.6) is 11.5 Å². The number of aromatic nitrogens is 2. The highest BCUT2D eigenvalue weighted by Crippen LogP contribution is 2.40. The number of nitrogens with zero attached hydrogens (tertiary/aromatic N) is 7. The second-order valence-electron chi connectivity index (χ2n) is 15.7. The van der Waals surface area contributed by atoms with Crippen molar-refractivity contribution in [1.29, 1.82) is 5.26 Å². The smallest absolute Gasteiger partial charge is 0.264 e. The lowest BCUT2D eigenvalue weighted by atomic mass is 9.93. The molecule has 324 valence electrons. The summed E-state index contributed by atoms with van der Waals surface area (Å²) >= 11 is 12.8. The normalized spacial score (nSPS) is 18.5. The molecule has 0 bridgehead atoms. The lowest BCUT2D eigenvalue weighted by Crippen LogP contribution is -2.54. The Morgan fingerprint density at radius 2 is 1.67 bits per heavy atom. The number of piperazine rings is 1. The number of piperidine rings is 2. The lowest BCUT2D eigenvalue weighted by Gasteiger charge is -2.39. The van der Waals surface area contributed by atoms with E-state index in [0.717, 1.165) is 4.90 Å². The number of nitrogens with one attached hydrogen (secondary N) is 1. The zero-order chi connectivity index (χ0) is 44.7. The van der Waals surface area contributed by atoms with Gasteiger partial charge in [0.2, 0.25) is 23.4 Å². The molecule has 0 saturated carbocycles. The number of halogens is 2. The maximum atomic E-state index is 13.8. The summed E-state index contributed by atoms with van der Waals surface area (Å²) in [5.74, 6) is -1.25. The van der Waals surface area contributed by atoms with Crippen molar-refractivity contribution in [3.8, 4) is 17.6 Å². The zero-order valence-corrected chi connectivity index (χ0v) is 35.9. The number of amides is 5. The number of hydrogen-bond donors (Lipinski definition) is 3. The molecule has 3 fully saturated rings. The molecule has 3 saturated heterocycles. The van der Waals surface area contributed by atoms with Gasteiger partial charge in [-0.3, -0.25) is 44.6 Å². The standard InChI is InChI=1S/C44H42Cl2N10O7/c1-23(37-29(45)21-50-22-30(37)46)63-35-17-28(31(48)18-34(35)62-2)39(49)26-16-25(19-47)40(51-20-26)54-12-14-55(15-13-54)42(59)24-8-10-53(11-9-24)32-5-3-4-27-38(32)44(61)56(43(27)60)33-6-7-36(57)52-41(33)58/h3-5,16-18,20-24,33,49H,6-15,48H2,1-2H3,(H,52,57,58)/p+1/t23-,33?/m1/s1. The van der Waals surface area contributed by atoms with Gasteiger partial charge in [-0.15, -0.1) is 0 Å². The topological polar surface area (TPSA) is 230 Å². The van der Waals surface area contributed by atoms with Crippen molar-refractivity contribution >= 4 is 75.6 Å². The average Bonchev–Trinajstić information content (AvgIpc) is 3.54. The molecule has 63 heavy (non-hydrogen) atoms. The summed E-state index contributed by atoms with van der Waals surface area (Å²) < 4.78 is 11.8. The molecule has 2 aromatic heterocycles. The number of carbonyl (C=O) groups is 5. The Morgan fingerprint density at radius 1 is 0.952 bits per heavy atom. The third-order valence-corrected chi connectivity index (χ3v) is 12.6.